The first kappa shape index (κ1) is 19.4. The van der Waals surface area contributed by atoms with E-state index in [9.17, 15) is 4.39 Å². The molecule has 0 spiro atoms. The molecule has 8 heteroatoms. The van der Waals surface area contributed by atoms with E-state index in [2.05, 4.69) is 31.6 Å². The van der Waals surface area contributed by atoms with Crippen molar-refractivity contribution in [2.24, 2.45) is 0 Å². The fourth-order valence-corrected chi connectivity index (χ4v) is 4.11. The largest absolute Gasteiger partial charge is 0.370 e. The van der Waals surface area contributed by atoms with Gasteiger partial charge in [0.15, 0.2) is 0 Å². The molecule has 2 N–H and O–H groups in total. The molecule has 0 aliphatic carbocycles. The van der Waals surface area contributed by atoms with Crippen LogP contribution in [0.5, 0.6) is 0 Å². The monoisotopic (exact) mass is 410 g/mol. The van der Waals surface area contributed by atoms with E-state index in [-0.39, 0.29) is 11.9 Å². The maximum Gasteiger partial charge on any atom is 0.150 e. The summed E-state index contributed by atoms with van der Waals surface area (Å²) < 4.78 is 13.2. The van der Waals surface area contributed by atoms with E-state index in [0.717, 1.165) is 41.7 Å². The summed E-state index contributed by atoms with van der Waals surface area (Å²) >= 11 is 1.98. The standard InChI is InChI=1S/C21H23FN6S/c1-15(16-2-4-17(22)5-3-16)25-19-12-18(28-8-10-29-11-9-28)13-20(26-19)27-21-14-23-6-7-24-21/h2-7,12-15H,8-11H2,1H3,(H2,24,25,26,27)/t15-/m0/s1. The van der Waals surface area contributed by atoms with Gasteiger partial charge >= 0.3 is 0 Å². The van der Waals surface area contributed by atoms with Gasteiger partial charge in [0.2, 0.25) is 0 Å². The fourth-order valence-electron chi connectivity index (χ4n) is 3.21. The Morgan fingerprint density at radius 2 is 1.79 bits per heavy atom. The van der Waals surface area contributed by atoms with E-state index >= 15 is 0 Å². The van der Waals surface area contributed by atoms with Crippen LogP contribution >= 0.6 is 11.8 Å². The predicted molar refractivity (Wildman–Crippen MR) is 118 cm³/mol. The smallest absolute Gasteiger partial charge is 0.150 e. The third-order valence-electron chi connectivity index (χ3n) is 4.74. The lowest BCUT2D eigenvalue weighted by atomic mass is 10.1. The molecule has 1 aliphatic rings. The van der Waals surface area contributed by atoms with Gasteiger partial charge < -0.3 is 15.5 Å². The summed E-state index contributed by atoms with van der Waals surface area (Å²) in [5.41, 5.74) is 2.11. The Bertz CT molecular complexity index is 932. The van der Waals surface area contributed by atoms with E-state index in [1.165, 1.54) is 12.1 Å². The normalized spacial score (nSPS) is 15.0. The number of aromatic nitrogens is 3. The van der Waals surface area contributed by atoms with Gasteiger partial charge in [-0.1, -0.05) is 12.1 Å². The van der Waals surface area contributed by atoms with Gasteiger partial charge in [0.25, 0.3) is 0 Å². The van der Waals surface area contributed by atoms with Gasteiger partial charge in [-0.2, -0.15) is 11.8 Å². The highest BCUT2D eigenvalue weighted by atomic mass is 32.2. The van der Waals surface area contributed by atoms with Gasteiger partial charge in [-0.3, -0.25) is 4.98 Å². The number of anilines is 4. The molecule has 0 saturated carbocycles. The summed E-state index contributed by atoms with van der Waals surface area (Å²) in [5.74, 6) is 4.09. The molecular weight excluding hydrogens is 387 g/mol. The van der Waals surface area contributed by atoms with Crippen molar-refractivity contribution < 1.29 is 4.39 Å². The highest BCUT2D eigenvalue weighted by Gasteiger charge is 2.15. The Hall–Kier alpha value is -2.87. The SMILES string of the molecule is C[C@H](Nc1cc(N2CCSCC2)cc(Nc2cnccn2)n1)c1ccc(F)cc1. The van der Waals surface area contributed by atoms with Gasteiger partial charge in [-0.15, -0.1) is 0 Å². The summed E-state index contributed by atoms with van der Waals surface area (Å²) in [5, 5.41) is 6.68. The lowest BCUT2D eigenvalue weighted by Crippen LogP contribution is -2.32. The van der Waals surface area contributed by atoms with Crippen LogP contribution in [0, 0.1) is 5.82 Å². The zero-order chi connectivity index (χ0) is 20.1. The van der Waals surface area contributed by atoms with E-state index in [4.69, 9.17) is 4.98 Å². The first-order valence-electron chi connectivity index (χ1n) is 9.57. The van der Waals surface area contributed by atoms with Crippen molar-refractivity contribution in [2.75, 3.05) is 40.1 Å². The average molecular weight is 411 g/mol. The minimum absolute atomic E-state index is 0.0142. The Kier molecular flexibility index (Phi) is 6.09. The molecule has 1 aromatic carbocycles. The number of hydrogen-bond donors (Lipinski definition) is 2. The van der Waals surface area contributed by atoms with Gasteiger partial charge in [0, 0.05) is 60.9 Å². The third-order valence-corrected chi connectivity index (χ3v) is 5.68. The van der Waals surface area contributed by atoms with Crippen LogP contribution in [0.1, 0.15) is 18.5 Å². The first-order chi connectivity index (χ1) is 14.2. The second-order valence-corrected chi connectivity index (χ2v) is 8.05. The highest BCUT2D eigenvalue weighted by Crippen LogP contribution is 2.28. The van der Waals surface area contributed by atoms with Crippen LogP contribution in [-0.4, -0.2) is 39.5 Å². The highest BCUT2D eigenvalue weighted by molar-refractivity contribution is 7.99. The molecule has 1 aliphatic heterocycles. The minimum Gasteiger partial charge on any atom is -0.370 e. The average Bonchev–Trinajstić information content (AvgIpc) is 2.75. The lowest BCUT2D eigenvalue weighted by molar-refractivity contribution is 0.626. The second-order valence-electron chi connectivity index (χ2n) is 6.83. The molecule has 0 unspecified atom stereocenters. The molecular formula is C21H23FN6S. The quantitative estimate of drug-likeness (QED) is 0.621. The number of halogens is 1. The van der Waals surface area contributed by atoms with Crippen molar-refractivity contribution in [3.63, 3.8) is 0 Å². The fraction of sp³-hybridized carbons (Fsp3) is 0.286. The van der Waals surface area contributed by atoms with Crippen molar-refractivity contribution in [3.8, 4) is 0 Å². The van der Waals surface area contributed by atoms with Gasteiger partial charge in [-0.25, -0.2) is 14.4 Å². The predicted octanol–water partition coefficient (Wildman–Crippen LogP) is 4.48. The third kappa shape index (κ3) is 5.14. The number of pyridine rings is 1. The molecule has 1 fully saturated rings. The van der Waals surface area contributed by atoms with Crippen molar-refractivity contribution in [3.05, 3.63) is 66.4 Å². The summed E-state index contributed by atoms with van der Waals surface area (Å²) in [7, 11) is 0. The molecule has 0 amide bonds. The van der Waals surface area contributed by atoms with Crippen molar-refractivity contribution in [1.29, 1.82) is 0 Å². The minimum atomic E-state index is -0.237. The number of benzene rings is 1. The number of thioether (sulfide) groups is 1. The van der Waals surface area contributed by atoms with Crippen LogP contribution < -0.4 is 15.5 Å². The molecule has 3 aromatic rings. The molecule has 2 aromatic heterocycles. The number of nitrogens with one attached hydrogen (secondary N) is 2. The molecule has 3 heterocycles. The number of hydrogen-bond acceptors (Lipinski definition) is 7. The number of rotatable bonds is 6. The molecule has 150 valence electrons. The molecule has 0 bridgehead atoms. The summed E-state index contributed by atoms with van der Waals surface area (Å²) in [6.45, 7) is 4.05. The van der Waals surface area contributed by atoms with Crippen LogP contribution in [-0.2, 0) is 0 Å². The van der Waals surface area contributed by atoms with Gasteiger partial charge in [0.1, 0.15) is 23.3 Å². The molecule has 0 radical (unpaired) electrons. The van der Waals surface area contributed by atoms with E-state index in [1.807, 2.05) is 24.8 Å². The Labute approximate surface area is 174 Å². The molecule has 1 atom stereocenters. The Balaban J connectivity index is 1.60. The molecule has 1 saturated heterocycles. The summed E-state index contributed by atoms with van der Waals surface area (Å²) in [6, 6.07) is 10.6. The number of nitrogens with zero attached hydrogens (tertiary/aromatic N) is 4. The summed E-state index contributed by atoms with van der Waals surface area (Å²) in [6.07, 6.45) is 4.95. The Morgan fingerprint density at radius 1 is 1.03 bits per heavy atom. The van der Waals surface area contributed by atoms with E-state index < -0.39 is 0 Å². The van der Waals surface area contributed by atoms with Gasteiger partial charge in [-0.05, 0) is 24.6 Å². The lowest BCUT2D eigenvalue weighted by Gasteiger charge is -2.29. The maximum atomic E-state index is 13.2. The topological polar surface area (TPSA) is 66.0 Å². The zero-order valence-corrected chi connectivity index (χ0v) is 17.0. The Morgan fingerprint density at radius 3 is 2.52 bits per heavy atom. The van der Waals surface area contributed by atoms with Crippen molar-refractivity contribution >= 4 is 34.9 Å². The zero-order valence-electron chi connectivity index (χ0n) is 16.2. The van der Waals surface area contributed by atoms with E-state index in [0.29, 0.717) is 11.6 Å². The van der Waals surface area contributed by atoms with Crippen LogP contribution in [0.3, 0.4) is 0 Å². The van der Waals surface area contributed by atoms with Gasteiger partial charge in [0.05, 0.1) is 6.20 Å². The molecule has 6 nitrogen and oxygen atoms in total. The molecule has 29 heavy (non-hydrogen) atoms. The van der Waals surface area contributed by atoms with E-state index in [1.54, 1.807) is 30.7 Å². The van der Waals surface area contributed by atoms with Crippen molar-refractivity contribution in [2.45, 2.75) is 13.0 Å². The van der Waals surface area contributed by atoms with Crippen LogP contribution in [0.15, 0.2) is 55.0 Å². The molecule has 4 rings (SSSR count). The maximum absolute atomic E-state index is 13.2. The second kappa shape index (κ2) is 9.09. The van der Waals surface area contributed by atoms with Crippen LogP contribution in [0.4, 0.5) is 27.5 Å². The first-order valence-corrected chi connectivity index (χ1v) is 10.7. The van der Waals surface area contributed by atoms with Crippen molar-refractivity contribution in [1.82, 2.24) is 15.0 Å². The van der Waals surface area contributed by atoms with Crippen LogP contribution in [0.25, 0.3) is 0 Å². The summed E-state index contributed by atoms with van der Waals surface area (Å²) in [4.78, 5) is 15.5. The van der Waals surface area contributed by atoms with Crippen LogP contribution in [0.2, 0.25) is 0 Å².